The van der Waals surface area contributed by atoms with Crippen molar-refractivity contribution in [1.82, 2.24) is 19.7 Å². The summed E-state index contributed by atoms with van der Waals surface area (Å²) in [7, 11) is -7.66. The SMILES string of the molecule is CC1NC(O)NC(=O)C1S(=O)(=O)NCc1ccc(S(=O)(=O)N2CCOCC2)cc1. The molecular weight excluding hydrogens is 424 g/mol. The monoisotopic (exact) mass is 448 g/mol. The molecule has 29 heavy (non-hydrogen) atoms. The van der Waals surface area contributed by atoms with Crippen molar-refractivity contribution in [3.05, 3.63) is 29.8 Å². The number of carbonyl (C=O) groups excluding carboxylic acids is 1. The third-order valence-corrected chi connectivity index (χ3v) is 8.51. The van der Waals surface area contributed by atoms with Gasteiger partial charge in [0, 0.05) is 25.7 Å². The molecule has 1 aromatic rings. The molecule has 3 atom stereocenters. The molecule has 0 aliphatic carbocycles. The highest BCUT2D eigenvalue weighted by Gasteiger charge is 2.42. The highest BCUT2D eigenvalue weighted by atomic mass is 32.2. The number of amides is 1. The van der Waals surface area contributed by atoms with Gasteiger partial charge < -0.3 is 15.2 Å². The second-order valence-electron chi connectivity index (χ2n) is 6.81. The third-order valence-electron chi connectivity index (χ3n) is 4.76. The zero-order valence-electron chi connectivity index (χ0n) is 15.7. The number of ether oxygens (including phenoxy) is 1. The van der Waals surface area contributed by atoms with Gasteiger partial charge in [-0.15, -0.1) is 0 Å². The first-order chi connectivity index (χ1) is 13.6. The van der Waals surface area contributed by atoms with Crippen molar-refractivity contribution in [3.8, 4) is 0 Å². The molecule has 3 rings (SSSR count). The highest BCUT2D eigenvalue weighted by Crippen LogP contribution is 2.18. The van der Waals surface area contributed by atoms with Gasteiger partial charge in [-0.2, -0.15) is 4.31 Å². The Labute approximate surface area is 169 Å². The first kappa shape index (κ1) is 22.1. The number of hydrogen-bond acceptors (Lipinski definition) is 8. The highest BCUT2D eigenvalue weighted by molar-refractivity contribution is 7.91. The second kappa shape index (κ2) is 8.63. The number of aliphatic hydroxyl groups is 1. The molecule has 1 amide bonds. The lowest BCUT2D eigenvalue weighted by Gasteiger charge is -2.32. The van der Waals surface area contributed by atoms with Gasteiger partial charge in [-0.1, -0.05) is 12.1 Å². The zero-order chi connectivity index (χ0) is 21.2. The van der Waals surface area contributed by atoms with Gasteiger partial charge in [0.25, 0.3) is 0 Å². The Bertz CT molecular complexity index is 944. The van der Waals surface area contributed by atoms with Gasteiger partial charge in [0.2, 0.25) is 26.0 Å². The van der Waals surface area contributed by atoms with Crippen LogP contribution in [0.1, 0.15) is 12.5 Å². The van der Waals surface area contributed by atoms with E-state index in [1.54, 1.807) is 0 Å². The molecule has 11 nitrogen and oxygen atoms in total. The fraction of sp³-hybridized carbons (Fsp3) is 0.562. The quantitative estimate of drug-likeness (QED) is 0.385. The molecule has 13 heteroatoms. The molecule has 0 spiro atoms. The average molecular weight is 449 g/mol. The molecular formula is C16H24N4O7S2. The molecule has 0 bridgehead atoms. The first-order valence-corrected chi connectivity index (χ1v) is 12.0. The van der Waals surface area contributed by atoms with E-state index in [-0.39, 0.29) is 24.5 Å². The van der Waals surface area contributed by atoms with Gasteiger partial charge in [-0.05, 0) is 24.6 Å². The van der Waals surface area contributed by atoms with Crippen LogP contribution >= 0.6 is 0 Å². The minimum atomic E-state index is -4.04. The molecule has 3 unspecified atom stereocenters. The second-order valence-corrected chi connectivity index (χ2v) is 10.6. The number of rotatable bonds is 6. The summed E-state index contributed by atoms with van der Waals surface area (Å²) in [4.78, 5) is 12.1. The lowest BCUT2D eigenvalue weighted by Crippen LogP contribution is -2.66. The van der Waals surface area contributed by atoms with Crippen LogP contribution in [0.5, 0.6) is 0 Å². The van der Waals surface area contributed by atoms with Crippen molar-refractivity contribution in [3.63, 3.8) is 0 Å². The number of nitrogens with one attached hydrogen (secondary N) is 3. The van der Waals surface area contributed by atoms with Gasteiger partial charge in [0.05, 0.1) is 18.1 Å². The molecule has 0 radical (unpaired) electrons. The summed E-state index contributed by atoms with van der Waals surface area (Å²) < 4.78 is 59.1. The predicted molar refractivity (Wildman–Crippen MR) is 102 cm³/mol. The van der Waals surface area contributed by atoms with E-state index in [1.165, 1.54) is 35.5 Å². The Morgan fingerprint density at radius 2 is 1.79 bits per heavy atom. The predicted octanol–water partition coefficient (Wildman–Crippen LogP) is -2.12. The summed E-state index contributed by atoms with van der Waals surface area (Å²) in [5.41, 5.74) is 0.534. The van der Waals surface area contributed by atoms with E-state index in [4.69, 9.17) is 4.74 Å². The molecule has 2 fully saturated rings. The van der Waals surface area contributed by atoms with Crippen molar-refractivity contribution in [2.24, 2.45) is 0 Å². The van der Waals surface area contributed by atoms with E-state index in [2.05, 4.69) is 15.4 Å². The largest absolute Gasteiger partial charge is 0.379 e. The number of morpholine rings is 1. The van der Waals surface area contributed by atoms with Crippen LogP contribution in [0.15, 0.2) is 29.2 Å². The van der Waals surface area contributed by atoms with Crippen LogP contribution in [0.4, 0.5) is 0 Å². The Kier molecular flexibility index (Phi) is 6.57. The third kappa shape index (κ3) is 4.94. The minimum absolute atomic E-state index is 0.112. The topological polar surface area (TPSA) is 154 Å². The summed E-state index contributed by atoms with van der Waals surface area (Å²) in [6.07, 6.45) is -1.30. The standard InChI is InChI=1S/C16H24N4O7S2/c1-11-14(15(21)19-16(22)18-11)28(23,24)17-10-12-2-4-13(5-3-12)29(25,26)20-6-8-27-9-7-20/h2-5,11,14,16-18,22H,6-10H2,1H3,(H,19,21). The van der Waals surface area contributed by atoms with Crippen LogP contribution < -0.4 is 15.4 Å². The number of aliphatic hydroxyl groups excluding tert-OH is 1. The summed E-state index contributed by atoms with van der Waals surface area (Å²) in [6.45, 7) is 2.63. The van der Waals surface area contributed by atoms with E-state index < -0.39 is 43.6 Å². The maximum Gasteiger partial charge on any atom is 0.244 e. The number of sulfonamides is 2. The van der Waals surface area contributed by atoms with Gasteiger partial charge in [0.1, 0.15) is 0 Å². The van der Waals surface area contributed by atoms with E-state index in [0.717, 1.165) is 0 Å². The van der Waals surface area contributed by atoms with E-state index in [9.17, 15) is 26.7 Å². The smallest absolute Gasteiger partial charge is 0.244 e. The van der Waals surface area contributed by atoms with Gasteiger partial charge in [-0.3, -0.25) is 10.1 Å². The number of benzene rings is 1. The molecule has 4 N–H and O–H groups in total. The lowest BCUT2D eigenvalue weighted by atomic mass is 10.2. The molecule has 1 aromatic carbocycles. The van der Waals surface area contributed by atoms with Gasteiger partial charge in [-0.25, -0.2) is 21.6 Å². The van der Waals surface area contributed by atoms with Crippen LogP contribution in [0.3, 0.4) is 0 Å². The minimum Gasteiger partial charge on any atom is -0.379 e. The first-order valence-electron chi connectivity index (χ1n) is 9.01. The van der Waals surface area contributed by atoms with Gasteiger partial charge >= 0.3 is 0 Å². The van der Waals surface area contributed by atoms with E-state index in [0.29, 0.717) is 18.8 Å². The van der Waals surface area contributed by atoms with Crippen LogP contribution in [0, 0.1) is 0 Å². The summed E-state index contributed by atoms with van der Waals surface area (Å²) in [5.74, 6) is -0.803. The molecule has 0 saturated carbocycles. The molecule has 2 aliphatic rings. The number of nitrogens with zero attached hydrogens (tertiary/aromatic N) is 1. The maximum atomic E-state index is 12.6. The summed E-state index contributed by atoms with van der Waals surface area (Å²) in [6, 6.07) is 5.08. The van der Waals surface area contributed by atoms with Crippen molar-refractivity contribution in [2.45, 2.75) is 36.0 Å². The van der Waals surface area contributed by atoms with Crippen LogP contribution in [0.25, 0.3) is 0 Å². The fourth-order valence-corrected chi connectivity index (χ4v) is 6.14. The summed E-state index contributed by atoms with van der Waals surface area (Å²) in [5, 5.41) is 12.7. The number of carbonyl (C=O) groups is 1. The summed E-state index contributed by atoms with van der Waals surface area (Å²) >= 11 is 0. The maximum absolute atomic E-state index is 12.6. The van der Waals surface area contributed by atoms with Crippen LogP contribution in [0.2, 0.25) is 0 Å². The molecule has 2 heterocycles. The lowest BCUT2D eigenvalue weighted by molar-refractivity contribution is -0.127. The Hall–Kier alpha value is -1.61. The van der Waals surface area contributed by atoms with Crippen molar-refractivity contribution in [2.75, 3.05) is 26.3 Å². The normalized spacial score (nSPS) is 26.8. The number of hydrogen-bond donors (Lipinski definition) is 4. The molecule has 0 aromatic heterocycles. The Morgan fingerprint density at radius 1 is 1.17 bits per heavy atom. The van der Waals surface area contributed by atoms with Crippen molar-refractivity contribution >= 4 is 26.0 Å². The van der Waals surface area contributed by atoms with Crippen molar-refractivity contribution in [1.29, 1.82) is 0 Å². The van der Waals surface area contributed by atoms with Crippen LogP contribution in [-0.2, 0) is 36.1 Å². The fourth-order valence-electron chi connectivity index (χ4n) is 3.22. The van der Waals surface area contributed by atoms with Gasteiger partial charge in [0.15, 0.2) is 11.6 Å². The Balaban J connectivity index is 1.66. The molecule has 162 valence electrons. The molecule has 2 aliphatic heterocycles. The van der Waals surface area contributed by atoms with Crippen LogP contribution in [-0.4, -0.2) is 76.1 Å². The zero-order valence-corrected chi connectivity index (χ0v) is 17.4. The molecule has 2 saturated heterocycles. The van der Waals surface area contributed by atoms with E-state index in [1.807, 2.05) is 0 Å². The van der Waals surface area contributed by atoms with Crippen molar-refractivity contribution < 1.29 is 31.5 Å². The van der Waals surface area contributed by atoms with E-state index >= 15 is 0 Å². The average Bonchev–Trinajstić information content (AvgIpc) is 2.66. The Morgan fingerprint density at radius 3 is 2.38 bits per heavy atom.